The molecule has 0 atom stereocenters. The zero-order valence-corrected chi connectivity index (χ0v) is 15.2. The smallest absolute Gasteiger partial charge is 0.0946 e. The van der Waals surface area contributed by atoms with Crippen molar-refractivity contribution in [3.63, 3.8) is 0 Å². The van der Waals surface area contributed by atoms with Gasteiger partial charge in [0, 0.05) is 42.1 Å². The second kappa shape index (κ2) is 8.86. The summed E-state index contributed by atoms with van der Waals surface area (Å²) in [7, 11) is 0. The van der Waals surface area contributed by atoms with E-state index in [0.717, 1.165) is 29.8 Å². The lowest BCUT2D eigenvalue weighted by Crippen LogP contribution is -2.21. The average molecular weight is 372 g/mol. The normalized spacial score (nSPS) is 11.7. The van der Waals surface area contributed by atoms with Gasteiger partial charge in [-0.25, -0.2) is 4.98 Å². The number of nitrogens with zero attached hydrogens (tertiary/aromatic N) is 2. The summed E-state index contributed by atoms with van der Waals surface area (Å²) in [5.74, 6) is 0. The monoisotopic (exact) mass is 371 g/mol. The zero-order chi connectivity index (χ0) is 17.5. The van der Waals surface area contributed by atoms with Gasteiger partial charge in [-0.15, -0.1) is 0 Å². The molecule has 0 radical (unpaired) electrons. The highest BCUT2D eigenvalue weighted by Crippen LogP contribution is 2.28. The minimum atomic E-state index is 0.640. The highest BCUT2D eigenvalue weighted by molar-refractivity contribution is 6.35. The van der Waals surface area contributed by atoms with Gasteiger partial charge in [0.15, 0.2) is 0 Å². The fourth-order valence-electron chi connectivity index (χ4n) is 2.57. The van der Waals surface area contributed by atoms with Crippen LogP contribution in [0.4, 0.5) is 0 Å². The van der Waals surface area contributed by atoms with Crippen LogP contribution in [0.3, 0.4) is 0 Å². The summed E-state index contributed by atoms with van der Waals surface area (Å²) in [6.45, 7) is 2.42. The predicted octanol–water partition coefficient (Wildman–Crippen LogP) is 5.02. The topological polar surface area (TPSA) is 29.9 Å². The van der Waals surface area contributed by atoms with E-state index in [0.29, 0.717) is 16.6 Å². The standard InChI is InChI=1S/C20H19Cl2N3/c21-18-6-7-19(20(22)13-18)17(12-16-4-2-1-3-5-16)14-23-8-10-25-11-9-24-15-25/h1-7,9,11-13,15,23H,8,10,14H2. The van der Waals surface area contributed by atoms with Crippen LogP contribution in [0, 0.1) is 0 Å². The van der Waals surface area contributed by atoms with Crippen molar-refractivity contribution in [3.05, 3.63) is 88.4 Å². The second-order valence-electron chi connectivity index (χ2n) is 5.68. The van der Waals surface area contributed by atoms with E-state index in [9.17, 15) is 0 Å². The molecule has 1 aromatic heterocycles. The Morgan fingerprint density at radius 2 is 1.96 bits per heavy atom. The quantitative estimate of drug-likeness (QED) is 0.466. The summed E-state index contributed by atoms with van der Waals surface area (Å²) in [6, 6.07) is 15.8. The van der Waals surface area contributed by atoms with Gasteiger partial charge in [0.1, 0.15) is 0 Å². The van der Waals surface area contributed by atoms with Gasteiger partial charge in [0.05, 0.1) is 6.33 Å². The molecule has 0 amide bonds. The highest BCUT2D eigenvalue weighted by Gasteiger charge is 2.08. The predicted molar refractivity (Wildman–Crippen MR) is 106 cm³/mol. The van der Waals surface area contributed by atoms with Crippen molar-refractivity contribution >= 4 is 34.9 Å². The van der Waals surface area contributed by atoms with Crippen molar-refractivity contribution in [2.75, 3.05) is 13.1 Å². The summed E-state index contributed by atoms with van der Waals surface area (Å²) in [5, 5.41) is 4.77. The summed E-state index contributed by atoms with van der Waals surface area (Å²) in [5.41, 5.74) is 3.25. The Balaban J connectivity index is 1.75. The van der Waals surface area contributed by atoms with Crippen molar-refractivity contribution in [2.24, 2.45) is 0 Å². The van der Waals surface area contributed by atoms with E-state index in [1.54, 1.807) is 12.3 Å². The fourth-order valence-corrected chi connectivity index (χ4v) is 3.10. The fraction of sp³-hybridized carbons (Fsp3) is 0.150. The third kappa shape index (κ3) is 5.20. The molecular weight excluding hydrogens is 353 g/mol. The Hall–Kier alpha value is -2.07. The maximum Gasteiger partial charge on any atom is 0.0946 e. The van der Waals surface area contributed by atoms with Gasteiger partial charge in [0.2, 0.25) is 0 Å². The number of hydrogen-bond acceptors (Lipinski definition) is 2. The lowest BCUT2D eigenvalue weighted by molar-refractivity contribution is 0.628. The number of halogens is 2. The Morgan fingerprint density at radius 3 is 2.68 bits per heavy atom. The molecule has 0 bridgehead atoms. The van der Waals surface area contributed by atoms with Crippen molar-refractivity contribution in [1.82, 2.24) is 14.9 Å². The molecule has 5 heteroatoms. The first-order valence-corrected chi connectivity index (χ1v) is 8.85. The molecule has 1 heterocycles. The van der Waals surface area contributed by atoms with E-state index in [1.807, 2.05) is 47.4 Å². The highest BCUT2D eigenvalue weighted by atomic mass is 35.5. The molecule has 25 heavy (non-hydrogen) atoms. The third-order valence-electron chi connectivity index (χ3n) is 3.84. The Labute approximate surface area is 157 Å². The van der Waals surface area contributed by atoms with E-state index in [4.69, 9.17) is 23.2 Å². The van der Waals surface area contributed by atoms with E-state index < -0.39 is 0 Å². The number of benzene rings is 2. The van der Waals surface area contributed by atoms with Crippen LogP contribution in [0.25, 0.3) is 11.6 Å². The first-order chi connectivity index (χ1) is 12.2. The lowest BCUT2D eigenvalue weighted by Gasteiger charge is -2.12. The van der Waals surface area contributed by atoms with Crippen molar-refractivity contribution in [2.45, 2.75) is 6.54 Å². The van der Waals surface area contributed by atoms with Crippen molar-refractivity contribution in [3.8, 4) is 0 Å². The lowest BCUT2D eigenvalue weighted by atomic mass is 10.0. The van der Waals surface area contributed by atoms with Crippen LogP contribution in [0.5, 0.6) is 0 Å². The van der Waals surface area contributed by atoms with E-state index >= 15 is 0 Å². The minimum absolute atomic E-state index is 0.640. The van der Waals surface area contributed by atoms with Crippen molar-refractivity contribution < 1.29 is 0 Å². The van der Waals surface area contributed by atoms with Crippen LogP contribution in [-0.2, 0) is 6.54 Å². The van der Waals surface area contributed by atoms with Gasteiger partial charge >= 0.3 is 0 Å². The molecule has 0 spiro atoms. The van der Waals surface area contributed by atoms with E-state index in [-0.39, 0.29) is 0 Å². The van der Waals surface area contributed by atoms with E-state index in [1.165, 1.54) is 0 Å². The summed E-state index contributed by atoms with van der Waals surface area (Å²) >= 11 is 12.5. The maximum absolute atomic E-state index is 6.42. The van der Waals surface area contributed by atoms with Crippen LogP contribution in [0.1, 0.15) is 11.1 Å². The molecule has 1 N–H and O–H groups in total. The Morgan fingerprint density at radius 1 is 1.12 bits per heavy atom. The molecule has 0 fully saturated rings. The Bertz CT molecular complexity index is 827. The molecule has 0 saturated heterocycles. The number of rotatable bonds is 7. The Kier molecular flexibility index (Phi) is 6.29. The molecule has 128 valence electrons. The van der Waals surface area contributed by atoms with Crippen LogP contribution in [0.2, 0.25) is 10.0 Å². The van der Waals surface area contributed by atoms with Gasteiger partial charge in [0.25, 0.3) is 0 Å². The van der Waals surface area contributed by atoms with Crippen LogP contribution >= 0.6 is 23.2 Å². The number of imidazole rings is 1. The van der Waals surface area contributed by atoms with Crippen molar-refractivity contribution in [1.29, 1.82) is 0 Å². The largest absolute Gasteiger partial charge is 0.336 e. The summed E-state index contributed by atoms with van der Waals surface area (Å²) in [6.07, 6.45) is 7.71. The van der Waals surface area contributed by atoms with Gasteiger partial charge in [-0.05, 0) is 34.9 Å². The molecule has 3 rings (SSSR count). The third-order valence-corrected chi connectivity index (χ3v) is 4.39. The molecule has 0 aliphatic carbocycles. The molecule has 0 unspecified atom stereocenters. The van der Waals surface area contributed by atoms with Gasteiger partial charge in [-0.3, -0.25) is 0 Å². The average Bonchev–Trinajstić information content (AvgIpc) is 3.12. The van der Waals surface area contributed by atoms with Gasteiger partial charge < -0.3 is 9.88 Å². The first-order valence-electron chi connectivity index (χ1n) is 8.10. The van der Waals surface area contributed by atoms with Crippen LogP contribution < -0.4 is 5.32 Å². The molecule has 0 aliphatic heterocycles. The molecular formula is C20H19Cl2N3. The molecule has 0 saturated carbocycles. The molecule has 3 aromatic rings. The SMILES string of the molecule is Clc1ccc(C(=Cc2ccccc2)CNCCn2ccnc2)c(Cl)c1. The summed E-state index contributed by atoms with van der Waals surface area (Å²) < 4.78 is 2.04. The first kappa shape index (κ1) is 17.7. The van der Waals surface area contributed by atoms with E-state index in [2.05, 4.69) is 28.5 Å². The molecule has 0 aliphatic rings. The second-order valence-corrected chi connectivity index (χ2v) is 6.53. The minimum Gasteiger partial charge on any atom is -0.336 e. The number of nitrogens with one attached hydrogen (secondary N) is 1. The van der Waals surface area contributed by atoms with Gasteiger partial charge in [-0.2, -0.15) is 0 Å². The zero-order valence-electron chi connectivity index (χ0n) is 13.7. The maximum atomic E-state index is 6.42. The van der Waals surface area contributed by atoms with Crippen LogP contribution in [0.15, 0.2) is 67.3 Å². The van der Waals surface area contributed by atoms with Crippen LogP contribution in [-0.4, -0.2) is 22.6 Å². The summed E-state index contributed by atoms with van der Waals surface area (Å²) in [4.78, 5) is 4.05. The number of hydrogen-bond donors (Lipinski definition) is 1. The molecule has 3 nitrogen and oxygen atoms in total. The van der Waals surface area contributed by atoms with Gasteiger partial charge in [-0.1, -0.05) is 59.6 Å². The molecule has 2 aromatic carbocycles. The number of aromatic nitrogens is 2.